The van der Waals surface area contributed by atoms with Crippen molar-refractivity contribution in [2.24, 2.45) is 0 Å². The molecule has 0 amide bonds. The minimum Gasteiger partial charge on any atom is -0.494 e. The Morgan fingerprint density at radius 3 is 2.29 bits per heavy atom. The van der Waals surface area contributed by atoms with E-state index in [1.807, 2.05) is 13.0 Å². The van der Waals surface area contributed by atoms with E-state index in [-0.39, 0.29) is 6.61 Å². The first kappa shape index (κ1) is 21.9. The zero-order valence-corrected chi connectivity index (χ0v) is 17.6. The lowest BCUT2D eigenvalue weighted by atomic mass is 10.0. The van der Waals surface area contributed by atoms with Crippen LogP contribution >= 0.6 is 11.6 Å². The molecular formula is C25H20ClNO4. The molecule has 0 unspecified atom stereocenters. The summed E-state index contributed by atoms with van der Waals surface area (Å²) >= 11 is 5.91. The molecular weight excluding hydrogens is 414 g/mol. The summed E-state index contributed by atoms with van der Waals surface area (Å²) in [4.78, 5) is 12.1. The molecule has 0 N–H and O–H groups in total. The molecule has 3 aromatic carbocycles. The molecule has 31 heavy (non-hydrogen) atoms. The van der Waals surface area contributed by atoms with E-state index in [2.05, 4.69) is 6.07 Å². The molecule has 156 valence electrons. The van der Waals surface area contributed by atoms with Gasteiger partial charge in [0.25, 0.3) is 0 Å². The van der Waals surface area contributed by atoms with Crippen LogP contribution in [0.25, 0.3) is 11.6 Å². The topological polar surface area (TPSA) is 68.6 Å². The maximum Gasteiger partial charge on any atom is 0.349 e. The van der Waals surface area contributed by atoms with Gasteiger partial charge in [-0.05, 0) is 72.7 Å². The summed E-state index contributed by atoms with van der Waals surface area (Å²) in [6.45, 7) is 2.25. The highest BCUT2D eigenvalue weighted by Gasteiger charge is 2.08. The maximum atomic E-state index is 12.1. The Balaban J connectivity index is 1.62. The van der Waals surface area contributed by atoms with Gasteiger partial charge in [-0.1, -0.05) is 35.9 Å². The zero-order valence-electron chi connectivity index (χ0n) is 16.9. The SMILES string of the molecule is CCOc1ccc(OCC(=O)Oc2cccc(/C=C(/C#N)c3ccc(Cl)cc3)c2)cc1. The van der Waals surface area contributed by atoms with E-state index < -0.39 is 5.97 Å². The van der Waals surface area contributed by atoms with Gasteiger partial charge in [-0.2, -0.15) is 5.26 Å². The van der Waals surface area contributed by atoms with Crippen molar-refractivity contribution in [2.75, 3.05) is 13.2 Å². The molecule has 0 atom stereocenters. The van der Waals surface area contributed by atoms with Crippen molar-refractivity contribution in [2.45, 2.75) is 6.92 Å². The Morgan fingerprint density at radius 2 is 1.65 bits per heavy atom. The van der Waals surface area contributed by atoms with Gasteiger partial charge in [0, 0.05) is 5.02 Å². The van der Waals surface area contributed by atoms with Gasteiger partial charge >= 0.3 is 5.97 Å². The van der Waals surface area contributed by atoms with Crippen LogP contribution in [0.15, 0.2) is 72.8 Å². The quantitative estimate of drug-likeness (QED) is 0.195. The van der Waals surface area contributed by atoms with Gasteiger partial charge < -0.3 is 14.2 Å². The third kappa shape index (κ3) is 6.63. The van der Waals surface area contributed by atoms with Crippen LogP contribution in [0, 0.1) is 11.3 Å². The number of ether oxygens (including phenoxy) is 3. The average Bonchev–Trinajstić information content (AvgIpc) is 2.78. The lowest BCUT2D eigenvalue weighted by Gasteiger charge is -2.08. The number of esters is 1. The van der Waals surface area contributed by atoms with Gasteiger partial charge in [-0.25, -0.2) is 4.79 Å². The van der Waals surface area contributed by atoms with Crippen LogP contribution in [0.4, 0.5) is 0 Å². The van der Waals surface area contributed by atoms with Crippen molar-refractivity contribution < 1.29 is 19.0 Å². The van der Waals surface area contributed by atoms with Crippen LogP contribution in [-0.2, 0) is 4.79 Å². The van der Waals surface area contributed by atoms with Gasteiger partial charge in [0.15, 0.2) is 6.61 Å². The standard InChI is InChI=1S/C25H20ClNO4/c1-2-29-22-10-12-23(13-11-22)30-17-25(28)31-24-5-3-4-18(15-24)14-20(16-27)19-6-8-21(26)9-7-19/h3-15H,2,17H2,1H3/b20-14-. The summed E-state index contributed by atoms with van der Waals surface area (Å²) in [5.74, 6) is 1.10. The number of allylic oxidation sites excluding steroid dienone is 1. The lowest BCUT2D eigenvalue weighted by molar-refractivity contribution is -0.136. The highest BCUT2D eigenvalue weighted by molar-refractivity contribution is 6.30. The Kier molecular flexibility index (Phi) is 7.69. The van der Waals surface area contributed by atoms with E-state index in [0.29, 0.717) is 28.7 Å². The molecule has 0 fully saturated rings. The predicted octanol–water partition coefficient (Wildman–Crippen LogP) is 5.79. The summed E-state index contributed by atoms with van der Waals surface area (Å²) in [7, 11) is 0. The van der Waals surface area contributed by atoms with Crippen LogP contribution in [0.2, 0.25) is 5.02 Å². The number of halogens is 1. The van der Waals surface area contributed by atoms with E-state index >= 15 is 0 Å². The molecule has 0 spiro atoms. The number of hydrogen-bond donors (Lipinski definition) is 0. The van der Waals surface area contributed by atoms with Crippen molar-refractivity contribution >= 4 is 29.2 Å². The van der Waals surface area contributed by atoms with Crippen LogP contribution < -0.4 is 14.2 Å². The number of nitrogens with zero attached hydrogens (tertiary/aromatic N) is 1. The van der Waals surface area contributed by atoms with Crippen LogP contribution in [0.1, 0.15) is 18.1 Å². The summed E-state index contributed by atoms with van der Waals surface area (Å²) < 4.78 is 16.2. The summed E-state index contributed by atoms with van der Waals surface area (Å²) in [6.07, 6.45) is 1.72. The van der Waals surface area contributed by atoms with Gasteiger partial charge in [0.05, 0.1) is 18.2 Å². The molecule has 3 aromatic rings. The largest absolute Gasteiger partial charge is 0.494 e. The molecule has 0 bridgehead atoms. The number of hydrogen-bond acceptors (Lipinski definition) is 5. The molecule has 0 saturated heterocycles. The summed E-state index contributed by atoms with van der Waals surface area (Å²) in [6, 6.07) is 23.1. The van der Waals surface area contributed by atoms with Gasteiger partial charge in [0.2, 0.25) is 0 Å². The maximum absolute atomic E-state index is 12.1. The normalized spacial score (nSPS) is 10.8. The highest BCUT2D eigenvalue weighted by Crippen LogP contribution is 2.22. The number of carbonyl (C=O) groups excluding carboxylic acids is 1. The highest BCUT2D eigenvalue weighted by atomic mass is 35.5. The fourth-order valence-corrected chi connectivity index (χ4v) is 2.87. The second-order valence-corrected chi connectivity index (χ2v) is 6.85. The Hall–Kier alpha value is -3.75. The number of nitriles is 1. The van der Waals surface area contributed by atoms with Gasteiger partial charge in [-0.15, -0.1) is 0 Å². The third-order valence-electron chi connectivity index (χ3n) is 4.17. The molecule has 0 aliphatic carbocycles. The van der Waals surface area contributed by atoms with E-state index in [1.54, 1.807) is 72.8 Å². The monoisotopic (exact) mass is 433 g/mol. The molecule has 0 aromatic heterocycles. The third-order valence-corrected chi connectivity index (χ3v) is 4.42. The fraction of sp³-hybridized carbons (Fsp3) is 0.120. The first-order valence-corrected chi connectivity index (χ1v) is 9.99. The van der Waals surface area contributed by atoms with Gasteiger partial charge in [-0.3, -0.25) is 0 Å². The summed E-state index contributed by atoms with van der Waals surface area (Å²) in [5, 5.41) is 10.1. The minimum absolute atomic E-state index is 0.234. The summed E-state index contributed by atoms with van der Waals surface area (Å²) in [5.41, 5.74) is 1.95. The Labute approximate surface area is 186 Å². The van der Waals surface area contributed by atoms with E-state index in [9.17, 15) is 10.1 Å². The Bertz CT molecular complexity index is 1100. The average molecular weight is 434 g/mol. The van der Waals surface area contributed by atoms with E-state index in [4.69, 9.17) is 25.8 Å². The number of benzene rings is 3. The van der Waals surface area contributed by atoms with Crippen molar-refractivity contribution in [3.63, 3.8) is 0 Å². The van der Waals surface area contributed by atoms with E-state index in [1.165, 1.54) is 0 Å². The Morgan fingerprint density at radius 1 is 0.968 bits per heavy atom. The molecule has 0 aliphatic heterocycles. The zero-order chi connectivity index (χ0) is 22.1. The van der Waals surface area contributed by atoms with Crippen molar-refractivity contribution in [1.82, 2.24) is 0 Å². The fourth-order valence-electron chi connectivity index (χ4n) is 2.75. The van der Waals surface area contributed by atoms with Crippen LogP contribution in [0.3, 0.4) is 0 Å². The van der Waals surface area contributed by atoms with Crippen molar-refractivity contribution in [1.29, 1.82) is 5.26 Å². The first-order chi connectivity index (χ1) is 15.1. The minimum atomic E-state index is -0.534. The second-order valence-electron chi connectivity index (χ2n) is 6.42. The molecule has 0 radical (unpaired) electrons. The predicted molar refractivity (Wildman–Crippen MR) is 120 cm³/mol. The van der Waals surface area contributed by atoms with E-state index in [0.717, 1.165) is 16.9 Å². The van der Waals surface area contributed by atoms with Crippen LogP contribution in [-0.4, -0.2) is 19.2 Å². The van der Waals surface area contributed by atoms with Gasteiger partial charge in [0.1, 0.15) is 17.2 Å². The number of carbonyl (C=O) groups is 1. The van der Waals surface area contributed by atoms with Crippen molar-refractivity contribution in [3.05, 3.63) is 88.9 Å². The van der Waals surface area contributed by atoms with Crippen molar-refractivity contribution in [3.8, 4) is 23.3 Å². The number of rotatable bonds is 8. The second kappa shape index (κ2) is 10.9. The lowest BCUT2D eigenvalue weighted by Crippen LogP contribution is -2.17. The van der Waals surface area contributed by atoms with Crippen LogP contribution in [0.5, 0.6) is 17.2 Å². The molecule has 0 saturated carbocycles. The molecule has 0 aliphatic rings. The first-order valence-electron chi connectivity index (χ1n) is 9.61. The molecule has 3 rings (SSSR count). The molecule has 0 heterocycles. The smallest absolute Gasteiger partial charge is 0.349 e. The molecule has 5 nitrogen and oxygen atoms in total. The molecule has 6 heteroatoms.